The van der Waals surface area contributed by atoms with Crippen LogP contribution in [0.3, 0.4) is 0 Å². The van der Waals surface area contributed by atoms with Crippen LogP contribution in [0.2, 0.25) is 0 Å². The third-order valence-electron chi connectivity index (χ3n) is 5.09. The van der Waals surface area contributed by atoms with Gasteiger partial charge in [-0.15, -0.1) is 0 Å². The molecule has 28 heavy (non-hydrogen) atoms. The Morgan fingerprint density at radius 1 is 1.18 bits per heavy atom. The quantitative estimate of drug-likeness (QED) is 0.845. The van der Waals surface area contributed by atoms with Gasteiger partial charge in [0.15, 0.2) is 11.5 Å². The van der Waals surface area contributed by atoms with Gasteiger partial charge in [0, 0.05) is 30.7 Å². The van der Waals surface area contributed by atoms with E-state index < -0.39 is 6.03 Å². The molecular formula is C20H24N4O4. The van der Waals surface area contributed by atoms with Crippen LogP contribution in [-0.2, 0) is 11.8 Å². The van der Waals surface area contributed by atoms with Gasteiger partial charge in [0.25, 0.3) is 0 Å². The Balaban J connectivity index is 1.32. The second kappa shape index (κ2) is 7.93. The minimum Gasteiger partial charge on any atom is -0.486 e. The van der Waals surface area contributed by atoms with Crippen molar-refractivity contribution >= 4 is 17.6 Å². The maximum Gasteiger partial charge on any atom is 0.325 e. The smallest absolute Gasteiger partial charge is 0.325 e. The molecule has 2 aliphatic heterocycles. The molecule has 0 saturated carbocycles. The number of urea groups is 1. The lowest BCUT2D eigenvalue weighted by Gasteiger charge is -2.24. The number of fused-ring (bicyclic) bond motifs is 1. The number of carbonyl (C=O) groups excluding carboxylic acids is 2. The van der Waals surface area contributed by atoms with E-state index in [0.29, 0.717) is 30.4 Å². The largest absolute Gasteiger partial charge is 0.486 e. The SMILES string of the molecule is Cn1cccc1[C@@H]1CCCN1CC(=O)NC(=O)Nc1ccc2c(c1)OCCO2. The van der Waals surface area contributed by atoms with Crippen molar-refractivity contribution in [2.45, 2.75) is 18.9 Å². The fraction of sp³-hybridized carbons (Fsp3) is 0.400. The highest BCUT2D eigenvalue weighted by molar-refractivity contribution is 6.01. The molecule has 2 N–H and O–H groups in total. The van der Waals surface area contributed by atoms with Crippen molar-refractivity contribution in [2.24, 2.45) is 7.05 Å². The standard InChI is InChI=1S/C20H24N4O4/c1-23-8-2-4-15(23)16-5-3-9-24(16)13-19(25)22-20(26)21-14-6-7-17-18(12-14)28-11-10-27-17/h2,4,6-8,12,16H,3,5,9-11,13H2,1H3,(H2,21,22,25,26)/t16-/m0/s1. The third-order valence-corrected chi connectivity index (χ3v) is 5.09. The highest BCUT2D eigenvalue weighted by Crippen LogP contribution is 2.33. The Labute approximate surface area is 163 Å². The van der Waals surface area contributed by atoms with E-state index >= 15 is 0 Å². The molecule has 0 spiro atoms. The van der Waals surface area contributed by atoms with Crippen LogP contribution in [0.5, 0.6) is 11.5 Å². The van der Waals surface area contributed by atoms with E-state index in [1.807, 2.05) is 19.3 Å². The van der Waals surface area contributed by atoms with Gasteiger partial charge in [-0.05, 0) is 43.7 Å². The number of hydrogen-bond acceptors (Lipinski definition) is 5. The van der Waals surface area contributed by atoms with Crippen molar-refractivity contribution in [3.8, 4) is 11.5 Å². The van der Waals surface area contributed by atoms with E-state index in [1.54, 1.807) is 18.2 Å². The Kier molecular flexibility index (Phi) is 5.21. The van der Waals surface area contributed by atoms with Gasteiger partial charge in [0.1, 0.15) is 13.2 Å². The highest BCUT2D eigenvalue weighted by Gasteiger charge is 2.29. The van der Waals surface area contributed by atoms with Gasteiger partial charge in [0.2, 0.25) is 5.91 Å². The van der Waals surface area contributed by atoms with Crippen molar-refractivity contribution in [3.05, 3.63) is 42.2 Å². The summed E-state index contributed by atoms with van der Waals surface area (Å²) >= 11 is 0. The first kappa shape index (κ1) is 18.4. The van der Waals surface area contributed by atoms with Gasteiger partial charge in [-0.2, -0.15) is 0 Å². The molecule has 4 rings (SSSR count). The van der Waals surface area contributed by atoms with Gasteiger partial charge in [-0.25, -0.2) is 4.79 Å². The molecule has 0 unspecified atom stereocenters. The van der Waals surface area contributed by atoms with Crippen LogP contribution in [0.4, 0.5) is 10.5 Å². The zero-order valence-corrected chi connectivity index (χ0v) is 15.8. The second-order valence-corrected chi connectivity index (χ2v) is 7.03. The predicted octanol–water partition coefficient (Wildman–Crippen LogP) is 2.28. The maximum atomic E-state index is 12.4. The fourth-order valence-corrected chi connectivity index (χ4v) is 3.80. The second-order valence-electron chi connectivity index (χ2n) is 7.03. The molecule has 1 aromatic heterocycles. The van der Waals surface area contributed by atoms with Gasteiger partial charge >= 0.3 is 6.03 Å². The molecule has 3 heterocycles. The topological polar surface area (TPSA) is 84.8 Å². The van der Waals surface area contributed by atoms with Crippen molar-refractivity contribution in [1.29, 1.82) is 0 Å². The number of anilines is 1. The van der Waals surface area contributed by atoms with E-state index in [4.69, 9.17) is 9.47 Å². The summed E-state index contributed by atoms with van der Waals surface area (Å²) in [6, 6.07) is 8.86. The summed E-state index contributed by atoms with van der Waals surface area (Å²) in [6.45, 7) is 2.01. The van der Waals surface area contributed by atoms with Gasteiger partial charge in [-0.1, -0.05) is 0 Å². The Bertz CT molecular complexity index is 879. The summed E-state index contributed by atoms with van der Waals surface area (Å²) < 4.78 is 13.0. The molecule has 0 aliphatic carbocycles. The summed E-state index contributed by atoms with van der Waals surface area (Å²) in [5.41, 5.74) is 1.73. The average molecular weight is 384 g/mol. The number of carbonyl (C=O) groups is 2. The zero-order valence-electron chi connectivity index (χ0n) is 15.8. The number of aromatic nitrogens is 1. The third kappa shape index (κ3) is 3.96. The summed E-state index contributed by atoms with van der Waals surface area (Å²) in [4.78, 5) is 26.7. The molecule has 0 radical (unpaired) electrons. The van der Waals surface area contributed by atoms with Gasteiger partial charge < -0.3 is 19.4 Å². The minimum atomic E-state index is -0.559. The number of imide groups is 1. The van der Waals surface area contributed by atoms with Crippen LogP contribution < -0.4 is 20.1 Å². The predicted molar refractivity (Wildman–Crippen MR) is 104 cm³/mol. The van der Waals surface area contributed by atoms with E-state index in [0.717, 1.165) is 19.4 Å². The monoisotopic (exact) mass is 384 g/mol. The molecule has 1 aromatic carbocycles. The average Bonchev–Trinajstić information content (AvgIpc) is 3.29. The van der Waals surface area contributed by atoms with Gasteiger partial charge in [0.05, 0.1) is 12.6 Å². The lowest BCUT2D eigenvalue weighted by molar-refractivity contribution is -0.121. The number of ether oxygens (including phenoxy) is 2. The molecule has 1 atom stereocenters. The first-order valence-corrected chi connectivity index (χ1v) is 9.46. The van der Waals surface area contributed by atoms with E-state index in [-0.39, 0.29) is 18.5 Å². The van der Waals surface area contributed by atoms with Crippen LogP contribution in [0.1, 0.15) is 24.6 Å². The summed E-state index contributed by atoms with van der Waals surface area (Å²) in [5.74, 6) is 0.906. The number of likely N-dealkylation sites (tertiary alicyclic amines) is 1. The molecule has 8 heteroatoms. The summed E-state index contributed by atoms with van der Waals surface area (Å²) in [5, 5.41) is 5.07. The van der Waals surface area contributed by atoms with E-state index in [2.05, 4.69) is 26.2 Å². The van der Waals surface area contributed by atoms with Crippen LogP contribution in [0.15, 0.2) is 36.5 Å². The van der Waals surface area contributed by atoms with E-state index in [1.165, 1.54) is 5.69 Å². The van der Waals surface area contributed by atoms with Gasteiger partial charge in [-0.3, -0.25) is 15.0 Å². The number of benzene rings is 1. The summed E-state index contributed by atoms with van der Waals surface area (Å²) in [6.07, 6.45) is 4.05. The molecule has 1 fully saturated rings. The molecule has 0 bridgehead atoms. The number of amides is 3. The van der Waals surface area contributed by atoms with Crippen LogP contribution >= 0.6 is 0 Å². The number of hydrogen-bond donors (Lipinski definition) is 2. The fourth-order valence-electron chi connectivity index (χ4n) is 3.80. The number of rotatable bonds is 4. The molecule has 8 nitrogen and oxygen atoms in total. The Morgan fingerprint density at radius 2 is 2.00 bits per heavy atom. The Morgan fingerprint density at radius 3 is 2.79 bits per heavy atom. The lowest BCUT2D eigenvalue weighted by Crippen LogP contribution is -2.41. The molecule has 2 aliphatic rings. The maximum absolute atomic E-state index is 12.4. The number of aryl methyl sites for hydroxylation is 1. The minimum absolute atomic E-state index is 0.185. The van der Waals surface area contributed by atoms with Crippen LogP contribution in [-0.4, -0.2) is 47.7 Å². The molecular weight excluding hydrogens is 360 g/mol. The van der Waals surface area contributed by atoms with Crippen molar-refractivity contribution in [2.75, 3.05) is 31.6 Å². The molecule has 1 saturated heterocycles. The number of nitrogens with one attached hydrogen (secondary N) is 2. The summed E-state index contributed by atoms with van der Waals surface area (Å²) in [7, 11) is 2.01. The number of nitrogens with zero attached hydrogens (tertiary/aromatic N) is 2. The lowest BCUT2D eigenvalue weighted by atomic mass is 10.1. The van der Waals surface area contributed by atoms with Crippen LogP contribution in [0, 0.1) is 0 Å². The van der Waals surface area contributed by atoms with E-state index in [9.17, 15) is 9.59 Å². The first-order valence-electron chi connectivity index (χ1n) is 9.46. The first-order chi connectivity index (χ1) is 13.6. The zero-order chi connectivity index (χ0) is 19.5. The van der Waals surface area contributed by atoms with Crippen molar-refractivity contribution in [3.63, 3.8) is 0 Å². The highest BCUT2D eigenvalue weighted by atomic mass is 16.6. The Hall–Kier alpha value is -3.00. The molecule has 2 aromatic rings. The molecule has 148 valence electrons. The molecule has 3 amide bonds. The van der Waals surface area contributed by atoms with Crippen molar-refractivity contribution < 1.29 is 19.1 Å². The van der Waals surface area contributed by atoms with Crippen LogP contribution in [0.25, 0.3) is 0 Å². The normalized spacial score (nSPS) is 18.7. The van der Waals surface area contributed by atoms with Crippen molar-refractivity contribution in [1.82, 2.24) is 14.8 Å².